The normalized spacial score (nSPS) is 13.3. The van der Waals surface area contributed by atoms with E-state index in [9.17, 15) is 5.11 Å². The monoisotopic (exact) mass is 194 g/mol. The van der Waals surface area contributed by atoms with Gasteiger partial charge in [0.25, 0.3) is 0 Å². The van der Waals surface area contributed by atoms with Crippen molar-refractivity contribution < 1.29 is 14.6 Å². The summed E-state index contributed by atoms with van der Waals surface area (Å²) in [6.07, 6.45) is 2.03. The summed E-state index contributed by atoms with van der Waals surface area (Å²) < 4.78 is 10.5. The van der Waals surface area contributed by atoms with Crippen LogP contribution in [0.2, 0.25) is 0 Å². The van der Waals surface area contributed by atoms with Crippen LogP contribution in [0.25, 0.3) is 0 Å². The van der Waals surface area contributed by atoms with Gasteiger partial charge in [0, 0.05) is 0 Å². The van der Waals surface area contributed by atoms with Crippen molar-refractivity contribution >= 4 is 0 Å². The van der Waals surface area contributed by atoms with Crippen LogP contribution in [0.15, 0.2) is 12.1 Å². The molecule has 76 valence electrons. The van der Waals surface area contributed by atoms with Crippen molar-refractivity contribution in [2.24, 2.45) is 0 Å². The molecule has 0 bridgehead atoms. The number of hydrogen-bond acceptors (Lipinski definition) is 3. The molecule has 0 radical (unpaired) electrons. The molecule has 3 nitrogen and oxygen atoms in total. The van der Waals surface area contributed by atoms with E-state index in [2.05, 4.69) is 6.92 Å². The fraction of sp³-hybridized carbons (Fsp3) is 0.455. The lowest BCUT2D eigenvalue weighted by molar-refractivity contribution is 0.174. The van der Waals surface area contributed by atoms with Gasteiger partial charge in [0.15, 0.2) is 11.5 Å². The van der Waals surface area contributed by atoms with Crippen molar-refractivity contribution in [2.45, 2.75) is 26.4 Å². The second kappa shape index (κ2) is 3.88. The Hall–Kier alpha value is -1.22. The smallest absolute Gasteiger partial charge is 0.231 e. The van der Waals surface area contributed by atoms with Crippen LogP contribution in [0.5, 0.6) is 11.5 Å². The van der Waals surface area contributed by atoms with Crippen LogP contribution >= 0.6 is 0 Å². The van der Waals surface area contributed by atoms with Crippen LogP contribution in [0.4, 0.5) is 0 Å². The minimum atomic E-state index is 0.0615. The number of rotatable bonds is 3. The largest absolute Gasteiger partial charge is 0.454 e. The Morgan fingerprint density at radius 1 is 1.21 bits per heavy atom. The lowest BCUT2D eigenvalue weighted by Gasteiger charge is -2.07. The summed E-state index contributed by atoms with van der Waals surface area (Å²) in [6, 6.07) is 3.84. The van der Waals surface area contributed by atoms with Crippen molar-refractivity contribution in [3.63, 3.8) is 0 Å². The molecule has 3 heteroatoms. The van der Waals surface area contributed by atoms with E-state index < -0.39 is 0 Å². The molecule has 2 rings (SSSR count). The second-order valence-corrected chi connectivity index (χ2v) is 3.38. The van der Waals surface area contributed by atoms with Crippen LogP contribution in [0, 0.1) is 0 Å². The second-order valence-electron chi connectivity index (χ2n) is 3.38. The van der Waals surface area contributed by atoms with Crippen molar-refractivity contribution in [1.82, 2.24) is 0 Å². The highest BCUT2D eigenvalue weighted by Gasteiger charge is 2.16. The van der Waals surface area contributed by atoms with Crippen LogP contribution in [-0.2, 0) is 13.0 Å². The van der Waals surface area contributed by atoms with Crippen LogP contribution in [-0.4, -0.2) is 11.9 Å². The zero-order valence-corrected chi connectivity index (χ0v) is 8.25. The molecule has 0 fully saturated rings. The Morgan fingerprint density at radius 2 is 1.86 bits per heavy atom. The lowest BCUT2D eigenvalue weighted by atomic mass is 10.0. The Balaban J connectivity index is 2.38. The van der Waals surface area contributed by atoms with Gasteiger partial charge >= 0.3 is 0 Å². The van der Waals surface area contributed by atoms with Crippen LogP contribution in [0.3, 0.4) is 0 Å². The predicted octanol–water partition coefficient (Wildman–Crippen LogP) is 1.86. The molecule has 0 spiro atoms. The van der Waals surface area contributed by atoms with Gasteiger partial charge < -0.3 is 14.6 Å². The molecule has 1 N–H and O–H groups in total. The average Bonchev–Trinajstić information content (AvgIpc) is 2.64. The molecule has 0 atom stereocenters. The van der Waals surface area contributed by atoms with Crippen molar-refractivity contribution in [3.8, 4) is 11.5 Å². The quantitative estimate of drug-likeness (QED) is 0.798. The third-order valence-electron chi connectivity index (χ3n) is 2.38. The van der Waals surface area contributed by atoms with Gasteiger partial charge in [-0.1, -0.05) is 13.3 Å². The third-order valence-corrected chi connectivity index (χ3v) is 2.38. The first kappa shape index (κ1) is 9.34. The number of hydrogen-bond donors (Lipinski definition) is 1. The molecule has 0 unspecified atom stereocenters. The number of ether oxygens (including phenoxy) is 2. The van der Waals surface area contributed by atoms with Gasteiger partial charge in [-0.05, 0) is 29.7 Å². The maximum atomic E-state index is 9.18. The van der Waals surface area contributed by atoms with E-state index in [1.807, 2.05) is 12.1 Å². The van der Waals surface area contributed by atoms with E-state index in [0.29, 0.717) is 0 Å². The van der Waals surface area contributed by atoms with E-state index in [1.54, 1.807) is 0 Å². The maximum Gasteiger partial charge on any atom is 0.231 e. The standard InChI is InChI=1S/C11H14O3/c1-2-3-8-4-10-11(14-7-13-10)5-9(8)6-12/h4-5,12H,2-3,6-7H2,1H3. The first-order valence-electron chi connectivity index (χ1n) is 4.87. The van der Waals surface area contributed by atoms with Crippen molar-refractivity contribution in [1.29, 1.82) is 0 Å². The summed E-state index contributed by atoms with van der Waals surface area (Å²) in [4.78, 5) is 0. The molecule has 1 aromatic rings. The fourth-order valence-electron chi connectivity index (χ4n) is 1.68. The number of benzene rings is 1. The first-order chi connectivity index (χ1) is 6.85. The molecule has 1 aliphatic heterocycles. The summed E-state index contributed by atoms with van der Waals surface area (Å²) >= 11 is 0. The van der Waals surface area contributed by atoms with E-state index in [0.717, 1.165) is 35.5 Å². The maximum absolute atomic E-state index is 9.18. The number of aliphatic hydroxyl groups is 1. The highest BCUT2D eigenvalue weighted by atomic mass is 16.7. The fourth-order valence-corrected chi connectivity index (χ4v) is 1.68. The Morgan fingerprint density at radius 3 is 2.43 bits per heavy atom. The zero-order valence-electron chi connectivity index (χ0n) is 8.25. The van der Waals surface area contributed by atoms with Crippen LogP contribution < -0.4 is 9.47 Å². The summed E-state index contributed by atoms with van der Waals surface area (Å²) in [6.45, 7) is 2.47. The topological polar surface area (TPSA) is 38.7 Å². The molecule has 1 aliphatic rings. The summed E-state index contributed by atoms with van der Waals surface area (Å²) in [5, 5.41) is 9.18. The Kier molecular flexibility index (Phi) is 2.59. The Labute approximate surface area is 83.3 Å². The van der Waals surface area contributed by atoms with E-state index in [-0.39, 0.29) is 13.4 Å². The molecular weight excluding hydrogens is 180 g/mol. The Bertz CT molecular complexity index is 334. The number of aryl methyl sites for hydroxylation is 1. The minimum absolute atomic E-state index is 0.0615. The molecule has 0 amide bonds. The zero-order chi connectivity index (χ0) is 9.97. The molecular formula is C11H14O3. The van der Waals surface area contributed by atoms with E-state index in [1.165, 1.54) is 0 Å². The molecule has 1 heterocycles. The number of fused-ring (bicyclic) bond motifs is 1. The van der Waals surface area contributed by atoms with Gasteiger partial charge in [-0.3, -0.25) is 0 Å². The summed E-state index contributed by atoms with van der Waals surface area (Å²) in [7, 11) is 0. The van der Waals surface area contributed by atoms with Crippen molar-refractivity contribution in [3.05, 3.63) is 23.3 Å². The average molecular weight is 194 g/mol. The van der Waals surface area contributed by atoms with Gasteiger partial charge in [-0.2, -0.15) is 0 Å². The van der Waals surface area contributed by atoms with Gasteiger partial charge in [0.2, 0.25) is 6.79 Å². The van der Waals surface area contributed by atoms with Gasteiger partial charge in [0.05, 0.1) is 6.61 Å². The minimum Gasteiger partial charge on any atom is -0.454 e. The summed E-state index contributed by atoms with van der Waals surface area (Å²) in [5.74, 6) is 1.54. The van der Waals surface area contributed by atoms with Gasteiger partial charge in [-0.15, -0.1) is 0 Å². The molecule has 1 aromatic carbocycles. The van der Waals surface area contributed by atoms with Crippen molar-refractivity contribution in [2.75, 3.05) is 6.79 Å². The molecule has 0 saturated carbocycles. The third kappa shape index (κ3) is 1.55. The molecule has 14 heavy (non-hydrogen) atoms. The predicted molar refractivity (Wildman–Crippen MR) is 52.5 cm³/mol. The molecule has 0 aromatic heterocycles. The molecule has 0 saturated heterocycles. The molecule has 0 aliphatic carbocycles. The first-order valence-corrected chi connectivity index (χ1v) is 4.87. The van der Waals surface area contributed by atoms with Gasteiger partial charge in [0.1, 0.15) is 0 Å². The highest BCUT2D eigenvalue weighted by molar-refractivity contribution is 5.48. The van der Waals surface area contributed by atoms with Crippen LogP contribution in [0.1, 0.15) is 24.5 Å². The summed E-state index contributed by atoms with van der Waals surface area (Å²) in [5.41, 5.74) is 2.09. The highest BCUT2D eigenvalue weighted by Crippen LogP contribution is 2.35. The lowest BCUT2D eigenvalue weighted by Crippen LogP contribution is -1.93. The van der Waals surface area contributed by atoms with Gasteiger partial charge in [-0.25, -0.2) is 0 Å². The SMILES string of the molecule is CCCc1cc2c(cc1CO)OCO2. The number of aliphatic hydroxyl groups excluding tert-OH is 1. The van der Waals surface area contributed by atoms with E-state index >= 15 is 0 Å². The van der Waals surface area contributed by atoms with E-state index in [4.69, 9.17) is 9.47 Å².